The third-order valence-electron chi connectivity index (χ3n) is 4.31. The van der Waals surface area contributed by atoms with E-state index in [1.54, 1.807) is 6.92 Å². The highest BCUT2D eigenvalue weighted by Crippen LogP contribution is 2.25. The average Bonchev–Trinajstić information content (AvgIpc) is 2.97. The first-order valence-corrected chi connectivity index (χ1v) is 8.44. The molecule has 1 aromatic carbocycles. The SMILES string of the molecule is Cc1noc(CNc2ccccc2C(=O)N2C[C@@H](C)C[C@H](C)C2)n1. The topological polar surface area (TPSA) is 71.3 Å². The molecule has 6 nitrogen and oxygen atoms in total. The summed E-state index contributed by atoms with van der Waals surface area (Å²) in [5, 5.41) is 7.02. The molecule has 2 atom stereocenters. The molecule has 128 valence electrons. The Labute approximate surface area is 142 Å². The van der Waals surface area contributed by atoms with Gasteiger partial charge in [-0.2, -0.15) is 4.98 Å². The van der Waals surface area contributed by atoms with Crippen molar-refractivity contribution in [1.29, 1.82) is 0 Å². The van der Waals surface area contributed by atoms with E-state index >= 15 is 0 Å². The monoisotopic (exact) mass is 328 g/mol. The van der Waals surface area contributed by atoms with E-state index < -0.39 is 0 Å². The van der Waals surface area contributed by atoms with Gasteiger partial charge in [-0.1, -0.05) is 31.1 Å². The molecule has 0 saturated carbocycles. The Balaban J connectivity index is 1.74. The second-order valence-corrected chi connectivity index (χ2v) is 6.79. The summed E-state index contributed by atoms with van der Waals surface area (Å²) in [5.74, 6) is 2.28. The fourth-order valence-electron chi connectivity index (χ4n) is 3.41. The van der Waals surface area contributed by atoms with Gasteiger partial charge in [0.25, 0.3) is 5.91 Å². The van der Waals surface area contributed by atoms with Gasteiger partial charge < -0.3 is 14.7 Å². The molecule has 1 aliphatic rings. The van der Waals surface area contributed by atoms with Crippen LogP contribution in [0.1, 0.15) is 42.3 Å². The Bertz CT molecular complexity index is 703. The van der Waals surface area contributed by atoms with E-state index in [2.05, 4.69) is 29.3 Å². The molecule has 3 rings (SSSR count). The van der Waals surface area contributed by atoms with Crippen molar-refractivity contribution in [3.63, 3.8) is 0 Å². The molecule has 1 aliphatic heterocycles. The quantitative estimate of drug-likeness (QED) is 0.934. The van der Waals surface area contributed by atoms with Gasteiger partial charge in [0.1, 0.15) is 0 Å². The lowest BCUT2D eigenvalue weighted by Gasteiger charge is -2.35. The van der Waals surface area contributed by atoms with E-state index in [9.17, 15) is 4.79 Å². The molecule has 1 N–H and O–H groups in total. The minimum absolute atomic E-state index is 0.0817. The van der Waals surface area contributed by atoms with Gasteiger partial charge in [0.2, 0.25) is 5.89 Å². The summed E-state index contributed by atoms with van der Waals surface area (Å²) < 4.78 is 5.11. The molecular weight excluding hydrogens is 304 g/mol. The van der Waals surface area contributed by atoms with Crippen LogP contribution in [0.3, 0.4) is 0 Å². The normalized spacial score (nSPS) is 20.9. The summed E-state index contributed by atoms with van der Waals surface area (Å²) in [4.78, 5) is 19.1. The summed E-state index contributed by atoms with van der Waals surface area (Å²) >= 11 is 0. The molecule has 0 radical (unpaired) electrons. The third-order valence-corrected chi connectivity index (χ3v) is 4.31. The number of amides is 1. The highest BCUT2D eigenvalue weighted by molar-refractivity contribution is 5.99. The number of benzene rings is 1. The van der Waals surface area contributed by atoms with Crippen LogP contribution in [-0.4, -0.2) is 34.0 Å². The van der Waals surface area contributed by atoms with Crippen LogP contribution in [-0.2, 0) is 6.54 Å². The minimum atomic E-state index is 0.0817. The van der Waals surface area contributed by atoms with Crippen LogP contribution in [0.4, 0.5) is 5.69 Å². The maximum atomic E-state index is 13.0. The molecule has 0 bridgehead atoms. The van der Waals surface area contributed by atoms with E-state index in [0.29, 0.717) is 35.7 Å². The molecule has 1 aromatic heterocycles. The van der Waals surface area contributed by atoms with Crippen molar-refractivity contribution in [2.45, 2.75) is 33.7 Å². The fraction of sp³-hybridized carbons (Fsp3) is 0.500. The van der Waals surface area contributed by atoms with Crippen LogP contribution in [0.25, 0.3) is 0 Å². The van der Waals surface area contributed by atoms with Gasteiger partial charge in [-0.15, -0.1) is 0 Å². The van der Waals surface area contributed by atoms with E-state index in [4.69, 9.17) is 4.52 Å². The summed E-state index contributed by atoms with van der Waals surface area (Å²) in [6.07, 6.45) is 1.18. The number of hydrogen-bond donors (Lipinski definition) is 1. The van der Waals surface area contributed by atoms with E-state index in [0.717, 1.165) is 18.8 Å². The first kappa shape index (κ1) is 16.5. The second kappa shape index (κ2) is 7.03. The van der Waals surface area contributed by atoms with Crippen molar-refractivity contribution < 1.29 is 9.32 Å². The number of aryl methyl sites for hydroxylation is 1. The van der Waals surface area contributed by atoms with E-state index in [1.165, 1.54) is 6.42 Å². The van der Waals surface area contributed by atoms with Crippen molar-refractivity contribution in [2.75, 3.05) is 18.4 Å². The number of nitrogens with zero attached hydrogens (tertiary/aromatic N) is 3. The zero-order valence-corrected chi connectivity index (χ0v) is 14.5. The molecular formula is C18H24N4O2. The summed E-state index contributed by atoms with van der Waals surface area (Å²) in [7, 11) is 0. The van der Waals surface area contributed by atoms with Crippen molar-refractivity contribution in [3.05, 3.63) is 41.5 Å². The number of carbonyl (C=O) groups excluding carboxylic acids is 1. The van der Waals surface area contributed by atoms with Gasteiger partial charge in [-0.05, 0) is 37.3 Å². The number of para-hydroxylation sites is 1. The summed E-state index contributed by atoms with van der Waals surface area (Å²) in [5.41, 5.74) is 1.49. The van der Waals surface area contributed by atoms with Gasteiger partial charge in [0.05, 0.1) is 12.1 Å². The number of anilines is 1. The lowest BCUT2D eigenvalue weighted by molar-refractivity contribution is 0.0624. The lowest BCUT2D eigenvalue weighted by atomic mass is 9.91. The predicted octanol–water partition coefficient (Wildman–Crippen LogP) is 3.11. The van der Waals surface area contributed by atoms with Crippen LogP contribution in [0.5, 0.6) is 0 Å². The maximum Gasteiger partial charge on any atom is 0.255 e. The number of aromatic nitrogens is 2. The van der Waals surface area contributed by atoms with Crippen LogP contribution >= 0.6 is 0 Å². The highest BCUT2D eigenvalue weighted by atomic mass is 16.5. The number of likely N-dealkylation sites (tertiary alicyclic amines) is 1. The minimum Gasteiger partial charge on any atom is -0.375 e. The predicted molar refractivity (Wildman–Crippen MR) is 91.7 cm³/mol. The van der Waals surface area contributed by atoms with Crippen molar-refractivity contribution in [3.8, 4) is 0 Å². The van der Waals surface area contributed by atoms with Gasteiger partial charge in [-0.25, -0.2) is 0 Å². The molecule has 0 aliphatic carbocycles. The molecule has 2 aromatic rings. The number of carbonyl (C=O) groups is 1. The first-order chi connectivity index (χ1) is 11.5. The molecule has 1 fully saturated rings. The van der Waals surface area contributed by atoms with Crippen molar-refractivity contribution >= 4 is 11.6 Å². The number of rotatable bonds is 4. The van der Waals surface area contributed by atoms with Gasteiger partial charge in [0, 0.05) is 18.8 Å². The van der Waals surface area contributed by atoms with Crippen molar-refractivity contribution in [1.82, 2.24) is 15.0 Å². The second-order valence-electron chi connectivity index (χ2n) is 6.79. The number of nitrogens with one attached hydrogen (secondary N) is 1. The van der Waals surface area contributed by atoms with Crippen LogP contribution < -0.4 is 5.32 Å². The summed E-state index contributed by atoms with van der Waals surface area (Å²) in [6, 6.07) is 7.59. The first-order valence-electron chi connectivity index (χ1n) is 8.44. The van der Waals surface area contributed by atoms with Crippen molar-refractivity contribution in [2.24, 2.45) is 11.8 Å². The van der Waals surface area contributed by atoms with Gasteiger partial charge in [0.15, 0.2) is 5.82 Å². The average molecular weight is 328 g/mol. The van der Waals surface area contributed by atoms with Gasteiger partial charge in [-0.3, -0.25) is 4.79 Å². The Morgan fingerprint density at radius 1 is 1.29 bits per heavy atom. The van der Waals surface area contributed by atoms with Crippen LogP contribution in [0.2, 0.25) is 0 Å². The Morgan fingerprint density at radius 2 is 2.00 bits per heavy atom. The van der Waals surface area contributed by atoms with Crippen LogP contribution in [0.15, 0.2) is 28.8 Å². The van der Waals surface area contributed by atoms with Crippen LogP contribution in [0, 0.1) is 18.8 Å². The molecule has 1 amide bonds. The van der Waals surface area contributed by atoms with E-state index in [-0.39, 0.29) is 5.91 Å². The highest BCUT2D eigenvalue weighted by Gasteiger charge is 2.27. The fourth-order valence-corrected chi connectivity index (χ4v) is 3.41. The molecule has 2 heterocycles. The number of piperidine rings is 1. The molecule has 6 heteroatoms. The van der Waals surface area contributed by atoms with E-state index in [1.807, 2.05) is 29.2 Å². The third kappa shape index (κ3) is 3.75. The molecule has 1 saturated heterocycles. The molecule has 0 spiro atoms. The zero-order chi connectivity index (χ0) is 17.1. The molecule has 24 heavy (non-hydrogen) atoms. The lowest BCUT2D eigenvalue weighted by Crippen LogP contribution is -2.42. The Kier molecular flexibility index (Phi) is 4.83. The molecule has 0 unspecified atom stereocenters. The smallest absolute Gasteiger partial charge is 0.255 e. The number of hydrogen-bond acceptors (Lipinski definition) is 5. The Hall–Kier alpha value is -2.37. The summed E-state index contributed by atoms with van der Waals surface area (Å²) in [6.45, 7) is 8.23. The van der Waals surface area contributed by atoms with Gasteiger partial charge >= 0.3 is 0 Å². The zero-order valence-electron chi connectivity index (χ0n) is 14.5. The Morgan fingerprint density at radius 3 is 2.67 bits per heavy atom. The maximum absolute atomic E-state index is 13.0. The largest absolute Gasteiger partial charge is 0.375 e. The standard InChI is InChI=1S/C18H24N4O2/c1-12-8-13(2)11-22(10-12)18(23)15-6-4-5-7-16(15)19-9-17-20-14(3)21-24-17/h4-7,12-13,19H,8-11H2,1-3H3/t12-,13-/m0/s1.